The molecule has 0 nitrogen and oxygen atoms in total. The van der Waals surface area contributed by atoms with Crippen molar-refractivity contribution >= 4 is 74.0 Å². The molecule has 0 aliphatic rings. The van der Waals surface area contributed by atoms with Crippen molar-refractivity contribution in [2.45, 2.75) is 6.04 Å². The van der Waals surface area contributed by atoms with E-state index in [-0.39, 0.29) is 0 Å². The van der Waals surface area contributed by atoms with E-state index in [1.807, 2.05) is 0 Å². The second kappa shape index (κ2) is 5.01. The number of benzene rings is 1. The Morgan fingerprint density at radius 1 is 0.857 bits per heavy atom. The molecule has 78 valence electrons. The van der Waals surface area contributed by atoms with E-state index >= 15 is 0 Å². The average Bonchev–Trinajstić information content (AvgIpc) is 1.97. The van der Waals surface area contributed by atoms with Gasteiger partial charge >= 0.3 is 6.00 Å². The fourth-order valence-corrected chi connectivity index (χ4v) is 3.68. The van der Waals surface area contributed by atoms with Crippen molar-refractivity contribution in [3.8, 4) is 0 Å². The molecule has 7 heteroatoms. The van der Waals surface area contributed by atoms with Crippen LogP contribution in [-0.2, 0) is 6.04 Å². The summed E-state index contributed by atoms with van der Waals surface area (Å²) in [5, 5.41) is 1.28. The second-order valence-electron chi connectivity index (χ2n) is 2.65. The normalized spacial score (nSPS) is 11.9. The summed E-state index contributed by atoms with van der Waals surface area (Å²) >= 11 is 34.8. The minimum absolute atomic E-state index is 0.327. The minimum atomic E-state index is -2.74. The largest absolute Gasteiger partial charge is 0.345 e. The second-order valence-corrected chi connectivity index (χ2v) is 13.0. The van der Waals surface area contributed by atoms with Gasteiger partial charge in [-0.3, -0.25) is 0 Å². The molecule has 0 unspecified atom stereocenters. The molecular weight excluding hydrogens is 325 g/mol. The molecule has 0 N–H and O–H groups in total. The lowest BCUT2D eigenvalue weighted by Gasteiger charge is -2.10. The highest BCUT2D eigenvalue weighted by Gasteiger charge is 2.26. The van der Waals surface area contributed by atoms with E-state index < -0.39 is 6.00 Å². The molecule has 0 saturated heterocycles. The number of rotatable bonds is 2. The van der Waals surface area contributed by atoms with Crippen LogP contribution in [0.1, 0.15) is 5.56 Å². The van der Waals surface area contributed by atoms with Crippen LogP contribution >= 0.6 is 68.0 Å². The van der Waals surface area contributed by atoms with E-state index in [0.717, 1.165) is 0 Å². The van der Waals surface area contributed by atoms with Crippen LogP contribution < -0.4 is 0 Å². The van der Waals surface area contributed by atoms with Gasteiger partial charge in [0.25, 0.3) is 0 Å². The monoisotopic (exact) mass is 326 g/mol. The maximum atomic E-state index is 5.91. The van der Waals surface area contributed by atoms with E-state index in [4.69, 9.17) is 68.0 Å². The van der Waals surface area contributed by atoms with E-state index in [0.29, 0.717) is 26.7 Å². The van der Waals surface area contributed by atoms with Gasteiger partial charge in [-0.1, -0.05) is 34.8 Å². The van der Waals surface area contributed by atoms with Crippen molar-refractivity contribution in [3.05, 3.63) is 32.8 Å². The first-order valence-electron chi connectivity index (χ1n) is 3.50. The van der Waals surface area contributed by atoms with Crippen molar-refractivity contribution < 1.29 is 0 Å². The Morgan fingerprint density at radius 3 is 1.86 bits per heavy atom. The minimum Gasteiger partial charge on any atom is -0.126 e. The Balaban J connectivity index is 3.04. The van der Waals surface area contributed by atoms with Crippen molar-refractivity contribution in [3.63, 3.8) is 0 Å². The third kappa shape index (κ3) is 3.97. The van der Waals surface area contributed by atoms with Gasteiger partial charge in [-0.2, -0.15) is 0 Å². The van der Waals surface area contributed by atoms with Gasteiger partial charge in [-0.15, -0.1) is 33.2 Å². The van der Waals surface area contributed by atoms with Crippen LogP contribution in [0.5, 0.6) is 0 Å². The van der Waals surface area contributed by atoms with Crippen LogP contribution in [0.2, 0.25) is 15.1 Å². The molecule has 0 atom stereocenters. The van der Waals surface area contributed by atoms with Gasteiger partial charge in [-0.05, 0) is 17.7 Å². The molecule has 1 aromatic rings. The van der Waals surface area contributed by atoms with Crippen LogP contribution in [0.25, 0.3) is 0 Å². The number of halogens is 6. The van der Waals surface area contributed by atoms with Crippen molar-refractivity contribution in [2.75, 3.05) is 0 Å². The molecule has 14 heavy (non-hydrogen) atoms. The third-order valence-electron chi connectivity index (χ3n) is 1.48. The number of hydrogen-bond donors (Lipinski definition) is 0. The van der Waals surface area contributed by atoms with E-state index in [2.05, 4.69) is 0 Å². The predicted molar refractivity (Wildman–Crippen MR) is 68.5 cm³/mol. The molecule has 0 aliphatic heterocycles. The molecule has 0 fully saturated rings. The van der Waals surface area contributed by atoms with E-state index in [1.54, 1.807) is 12.1 Å². The van der Waals surface area contributed by atoms with Gasteiger partial charge in [0.2, 0.25) is 0 Å². The van der Waals surface area contributed by atoms with Crippen LogP contribution in [0.3, 0.4) is 0 Å². The van der Waals surface area contributed by atoms with E-state index in [9.17, 15) is 0 Å². The fourth-order valence-electron chi connectivity index (χ4n) is 0.915. The van der Waals surface area contributed by atoms with Crippen LogP contribution in [-0.4, -0.2) is 6.00 Å². The molecule has 0 bridgehead atoms. The molecule has 0 radical (unpaired) electrons. The average molecular weight is 329 g/mol. The summed E-state index contributed by atoms with van der Waals surface area (Å²) < 4.78 is 0. The number of hydrogen-bond acceptors (Lipinski definition) is 0. The Bertz CT molecular complexity index is 345. The standard InChI is InChI=1S/C7H4Cl6Si/c8-5-2-7(10)6(9)1-4(5)3-14(11,12)13/h1-2H,3H2. The summed E-state index contributed by atoms with van der Waals surface area (Å²) in [5.74, 6) is 0. The summed E-state index contributed by atoms with van der Waals surface area (Å²) in [4.78, 5) is 0. The van der Waals surface area contributed by atoms with Crippen LogP contribution in [0.4, 0.5) is 0 Å². The summed E-state index contributed by atoms with van der Waals surface area (Å²) in [6.45, 7) is 0. The summed E-state index contributed by atoms with van der Waals surface area (Å²) in [6, 6.07) is 0.761. The van der Waals surface area contributed by atoms with Crippen molar-refractivity contribution in [1.82, 2.24) is 0 Å². The molecule has 0 saturated carbocycles. The molecule has 0 aromatic heterocycles. The maximum absolute atomic E-state index is 5.91. The summed E-state index contributed by atoms with van der Waals surface area (Å²) in [7, 11) is 0. The highest BCUT2D eigenvalue weighted by atomic mass is 35.8. The van der Waals surface area contributed by atoms with Crippen molar-refractivity contribution in [1.29, 1.82) is 0 Å². The Kier molecular flexibility index (Phi) is 4.73. The van der Waals surface area contributed by atoms with Gasteiger partial charge in [-0.25, -0.2) is 0 Å². The summed E-state index contributed by atoms with van der Waals surface area (Å²) in [5.41, 5.74) is 0.715. The molecule has 0 aliphatic carbocycles. The first kappa shape index (κ1) is 13.2. The fraction of sp³-hybridized carbons (Fsp3) is 0.143. The topological polar surface area (TPSA) is 0 Å². The molecule has 0 heterocycles. The Labute approximate surface area is 112 Å². The van der Waals surface area contributed by atoms with Gasteiger partial charge < -0.3 is 0 Å². The highest BCUT2D eigenvalue weighted by Crippen LogP contribution is 2.33. The zero-order chi connectivity index (χ0) is 10.9. The Hall–Kier alpha value is 1.18. The predicted octanol–water partition coefficient (Wildman–Crippen LogP) is 5.38. The lowest BCUT2D eigenvalue weighted by molar-refractivity contribution is 1.38. The SMILES string of the molecule is Clc1cc(Cl)c(C[Si](Cl)(Cl)Cl)cc1Cl. The van der Waals surface area contributed by atoms with Gasteiger partial charge in [0.1, 0.15) is 0 Å². The Morgan fingerprint density at radius 2 is 1.36 bits per heavy atom. The van der Waals surface area contributed by atoms with Gasteiger partial charge in [0.15, 0.2) is 0 Å². The van der Waals surface area contributed by atoms with Crippen LogP contribution in [0.15, 0.2) is 12.1 Å². The first-order valence-corrected chi connectivity index (χ1v) is 9.87. The first-order chi connectivity index (χ1) is 6.29. The zero-order valence-corrected chi connectivity index (χ0v) is 12.2. The lowest BCUT2D eigenvalue weighted by Crippen LogP contribution is -2.14. The van der Waals surface area contributed by atoms with Crippen molar-refractivity contribution in [2.24, 2.45) is 0 Å². The summed E-state index contributed by atoms with van der Waals surface area (Å²) in [6.07, 6.45) is 0. The molecule has 0 amide bonds. The zero-order valence-electron chi connectivity index (χ0n) is 6.63. The lowest BCUT2D eigenvalue weighted by atomic mass is 10.2. The molecule has 1 rings (SSSR count). The maximum Gasteiger partial charge on any atom is 0.345 e. The smallest absolute Gasteiger partial charge is 0.126 e. The molecular formula is C7H4Cl6Si. The quantitative estimate of drug-likeness (QED) is 0.388. The van der Waals surface area contributed by atoms with Crippen LogP contribution in [0, 0.1) is 0 Å². The molecule has 1 aromatic carbocycles. The van der Waals surface area contributed by atoms with Gasteiger partial charge in [0.05, 0.1) is 10.0 Å². The van der Waals surface area contributed by atoms with Gasteiger partial charge in [0, 0.05) is 11.1 Å². The van der Waals surface area contributed by atoms with E-state index in [1.165, 1.54) is 0 Å². The molecule has 0 spiro atoms. The third-order valence-corrected chi connectivity index (χ3v) is 4.54. The highest BCUT2D eigenvalue weighted by molar-refractivity contribution is 7.64.